The molecule has 5 rings (SSSR count). The second kappa shape index (κ2) is 8.56. The molecule has 0 aliphatic carbocycles. The van der Waals surface area contributed by atoms with E-state index in [9.17, 15) is 4.79 Å². The summed E-state index contributed by atoms with van der Waals surface area (Å²) in [6.07, 6.45) is 8.70. The topological polar surface area (TPSA) is 72.7 Å². The number of hydrogen-bond donors (Lipinski definition) is 1. The standard InChI is InChI=1S/C25H19N5OS/c1-17-27-22-11-10-20(14-23(22)32-17)28-24(31)12-9-19-16-30(21-7-3-2-4-8-21)29-25(19)18-6-5-13-26-15-18/h2-16H,1H3,(H,28,31)/b12-9+. The first-order valence-electron chi connectivity index (χ1n) is 10.1. The second-order valence-corrected chi connectivity index (χ2v) is 8.43. The summed E-state index contributed by atoms with van der Waals surface area (Å²) in [5.41, 5.74) is 5.08. The molecule has 0 fully saturated rings. The summed E-state index contributed by atoms with van der Waals surface area (Å²) in [6, 6.07) is 19.4. The fourth-order valence-corrected chi connectivity index (χ4v) is 4.28. The maximum absolute atomic E-state index is 12.6. The van der Waals surface area contributed by atoms with Crippen LogP contribution in [0.15, 0.2) is 85.3 Å². The van der Waals surface area contributed by atoms with Crippen molar-refractivity contribution in [2.75, 3.05) is 5.32 Å². The van der Waals surface area contributed by atoms with Gasteiger partial charge in [-0.3, -0.25) is 9.78 Å². The molecule has 0 atom stereocenters. The van der Waals surface area contributed by atoms with Crippen molar-refractivity contribution in [3.05, 3.63) is 95.9 Å². The van der Waals surface area contributed by atoms with Crippen molar-refractivity contribution in [3.8, 4) is 16.9 Å². The molecule has 0 aliphatic heterocycles. The average molecular weight is 438 g/mol. The minimum atomic E-state index is -0.213. The number of aryl methyl sites for hydroxylation is 1. The van der Waals surface area contributed by atoms with Gasteiger partial charge in [0.05, 0.1) is 20.9 Å². The van der Waals surface area contributed by atoms with Crippen molar-refractivity contribution in [1.29, 1.82) is 0 Å². The van der Waals surface area contributed by atoms with Crippen LogP contribution >= 0.6 is 11.3 Å². The summed E-state index contributed by atoms with van der Waals surface area (Å²) >= 11 is 1.61. The molecule has 156 valence electrons. The molecule has 0 bridgehead atoms. The first kappa shape index (κ1) is 19.8. The third-order valence-corrected chi connectivity index (χ3v) is 5.81. The third-order valence-electron chi connectivity index (χ3n) is 4.88. The summed E-state index contributed by atoms with van der Waals surface area (Å²) in [5.74, 6) is -0.213. The van der Waals surface area contributed by atoms with Gasteiger partial charge in [0.15, 0.2) is 0 Å². The van der Waals surface area contributed by atoms with E-state index in [1.807, 2.05) is 73.8 Å². The zero-order valence-electron chi connectivity index (χ0n) is 17.3. The van der Waals surface area contributed by atoms with E-state index in [1.165, 1.54) is 6.08 Å². The quantitative estimate of drug-likeness (QED) is 0.368. The summed E-state index contributed by atoms with van der Waals surface area (Å²) < 4.78 is 2.85. The summed E-state index contributed by atoms with van der Waals surface area (Å²) in [5, 5.41) is 8.66. The molecule has 0 spiro atoms. The van der Waals surface area contributed by atoms with Gasteiger partial charge < -0.3 is 5.32 Å². The van der Waals surface area contributed by atoms with Crippen LogP contribution < -0.4 is 5.32 Å². The molecule has 0 unspecified atom stereocenters. The van der Waals surface area contributed by atoms with Gasteiger partial charge in [-0.25, -0.2) is 9.67 Å². The molecule has 32 heavy (non-hydrogen) atoms. The molecule has 0 saturated heterocycles. The van der Waals surface area contributed by atoms with Gasteiger partial charge in [0, 0.05) is 41.5 Å². The van der Waals surface area contributed by atoms with Crippen molar-refractivity contribution >= 4 is 39.2 Å². The normalized spacial score (nSPS) is 11.3. The highest BCUT2D eigenvalue weighted by molar-refractivity contribution is 7.18. The van der Waals surface area contributed by atoms with Gasteiger partial charge in [0.25, 0.3) is 0 Å². The largest absolute Gasteiger partial charge is 0.322 e. The molecule has 2 aromatic carbocycles. The molecule has 0 saturated carbocycles. The number of hydrogen-bond acceptors (Lipinski definition) is 5. The Morgan fingerprint density at radius 3 is 2.78 bits per heavy atom. The van der Waals surface area contributed by atoms with Gasteiger partial charge in [0.2, 0.25) is 5.91 Å². The zero-order valence-corrected chi connectivity index (χ0v) is 18.1. The van der Waals surface area contributed by atoms with E-state index in [2.05, 4.69) is 15.3 Å². The summed E-state index contributed by atoms with van der Waals surface area (Å²) in [7, 11) is 0. The number of pyridine rings is 1. The number of carbonyl (C=O) groups is 1. The summed E-state index contributed by atoms with van der Waals surface area (Å²) in [4.78, 5) is 21.3. The highest BCUT2D eigenvalue weighted by Gasteiger charge is 2.11. The minimum Gasteiger partial charge on any atom is -0.322 e. The van der Waals surface area contributed by atoms with Crippen LogP contribution in [0.3, 0.4) is 0 Å². The molecule has 6 nitrogen and oxygen atoms in total. The van der Waals surface area contributed by atoms with Crippen molar-refractivity contribution in [2.45, 2.75) is 6.92 Å². The van der Waals surface area contributed by atoms with Gasteiger partial charge >= 0.3 is 0 Å². The molecular formula is C25H19N5OS. The molecule has 3 aromatic heterocycles. The Balaban J connectivity index is 1.42. The fourth-order valence-electron chi connectivity index (χ4n) is 3.42. The van der Waals surface area contributed by atoms with Crippen LogP contribution in [0.25, 0.3) is 33.2 Å². The third kappa shape index (κ3) is 4.19. The lowest BCUT2D eigenvalue weighted by Gasteiger charge is -2.02. The van der Waals surface area contributed by atoms with Crippen LogP contribution in [0.2, 0.25) is 0 Å². The Labute approximate surface area is 188 Å². The number of carbonyl (C=O) groups excluding carboxylic acids is 1. The van der Waals surface area contributed by atoms with Crippen LogP contribution in [0.5, 0.6) is 0 Å². The van der Waals surface area contributed by atoms with Crippen LogP contribution in [0, 0.1) is 6.92 Å². The number of nitrogens with zero attached hydrogens (tertiary/aromatic N) is 4. The van der Waals surface area contributed by atoms with Crippen molar-refractivity contribution < 1.29 is 4.79 Å². The number of aromatic nitrogens is 4. The Hall–Kier alpha value is -4.10. The number of rotatable bonds is 5. The van der Waals surface area contributed by atoms with Crippen LogP contribution in [0.1, 0.15) is 10.6 Å². The Morgan fingerprint density at radius 1 is 1.09 bits per heavy atom. The van der Waals surface area contributed by atoms with Crippen molar-refractivity contribution in [1.82, 2.24) is 19.7 Å². The van der Waals surface area contributed by atoms with E-state index in [0.717, 1.165) is 43.4 Å². The van der Waals surface area contributed by atoms with Crippen LogP contribution in [0.4, 0.5) is 5.69 Å². The Morgan fingerprint density at radius 2 is 1.97 bits per heavy atom. The van der Waals surface area contributed by atoms with Crippen LogP contribution in [-0.2, 0) is 4.79 Å². The highest BCUT2D eigenvalue weighted by Crippen LogP contribution is 2.26. The van der Waals surface area contributed by atoms with E-state index in [0.29, 0.717) is 0 Å². The molecule has 0 aliphatic rings. The Kier molecular flexibility index (Phi) is 5.31. The fraction of sp³-hybridized carbons (Fsp3) is 0.0400. The maximum Gasteiger partial charge on any atom is 0.248 e. The predicted molar refractivity (Wildman–Crippen MR) is 129 cm³/mol. The first-order valence-corrected chi connectivity index (χ1v) is 10.9. The molecule has 0 radical (unpaired) electrons. The Bertz CT molecular complexity index is 1420. The number of thiazole rings is 1. The van der Waals surface area contributed by atoms with Gasteiger partial charge in [-0.15, -0.1) is 11.3 Å². The number of para-hydroxylation sites is 1. The number of anilines is 1. The second-order valence-electron chi connectivity index (χ2n) is 7.19. The predicted octanol–water partition coefficient (Wildman–Crippen LogP) is 5.50. The zero-order chi connectivity index (χ0) is 21.9. The van der Waals surface area contributed by atoms with E-state index in [4.69, 9.17) is 5.10 Å². The smallest absolute Gasteiger partial charge is 0.248 e. The molecule has 1 N–H and O–H groups in total. The molecular weight excluding hydrogens is 418 g/mol. The molecule has 7 heteroatoms. The number of fused-ring (bicyclic) bond motifs is 1. The van der Waals surface area contributed by atoms with Gasteiger partial charge in [-0.05, 0) is 55.5 Å². The molecule has 5 aromatic rings. The van der Waals surface area contributed by atoms with E-state index < -0.39 is 0 Å². The van der Waals surface area contributed by atoms with E-state index in [1.54, 1.807) is 34.5 Å². The van der Waals surface area contributed by atoms with Gasteiger partial charge in [0.1, 0.15) is 5.69 Å². The lowest BCUT2D eigenvalue weighted by atomic mass is 10.1. The van der Waals surface area contributed by atoms with Gasteiger partial charge in [-0.1, -0.05) is 18.2 Å². The van der Waals surface area contributed by atoms with Crippen LogP contribution in [-0.4, -0.2) is 25.7 Å². The number of benzene rings is 2. The minimum absolute atomic E-state index is 0.213. The lowest BCUT2D eigenvalue weighted by Crippen LogP contribution is -2.07. The lowest BCUT2D eigenvalue weighted by molar-refractivity contribution is -0.111. The number of amides is 1. The van der Waals surface area contributed by atoms with Crippen molar-refractivity contribution in [2.24, 2.45) is 0 Å². The maximum atomic E-state index is 12.6. The molecule has 1 amide bonds. The molecule has 3 heterocycles. The monoisotopic (exact) mass is 437 g/mol. The van der Waals surface area contributed by atoms with Crippen molar-refractivity contribution in [3.63, 3.8) is 0 Å². The summed E-state index contributed by atoms with van der Waals surface area (Å²) in [6.45, 7) is 1.97. The number of nitrogens with one attached hydrogen (secondary N) is 1. The average Bonchev–Trinajstić information content (AvgIpc) is 3.41. The van der Waals surface area contributed by atoms with E-state index in [-0.39, 0.29) is 5.91 Å². The van der Waals surface area contributed by atoms with E-state index >= 15 is 0 Å². The highest BCUT2D eigenvalue weighted by atomic mass is 32.1. The first-order chi connectivity index (χ1) is 15.7. The SMILES string of the molecule is Cc1nc2ccc(NC(=O)/C=C/c3cn(-c4ccccc4)nc3-c3cccnc3)cc2s1. The van der Waals surface area contributed by atoms with Gasteiger partial charge in [-0.2, -0.15) is 5.10 Å².